The molecular weight excluding hydrogens is 288 g/mol. The first-order valence-electron chi connectivity index (χ1n) is 6.68. The second kappa shape index (κ2) is 7.03. The molecule has 0 saturated carbocycles. The van der Waals surface area contributed by atoms with Gasteiger partial charge in [-0.25, -0.2) is 12.7 Å². The fraction of sp³-hybridized carbons (Fsp3) is 0.533. The third-order valence-electron chi connectivity index (χ3n) is 2.59. The predicted molar refractivity (Wildman–Crippen MR) is 82.1 cm³/mol. The second-order valence-corrected chi connectivity index (χ2v) is 8.05. The number of aromatic nitrogens is 1. The molecule has 5 nitrogen and oxygen atoms in total. The minimum atomic E-state index is -3.57. The lowest BCUT2D eigenvalue weighted by atomic mass is 9.97. The van der Waals surface area contributed by atoms with Gasteiger partial charge < -0.3 is 5.11 Å². The zero-order valence-corrected chi connectivity index (χ0v) is 13.7. The summed E-state index contributed by atoms with van der Waals surface area (Å²) in [5.41, 5.74) is 0.391. The van der Waals surface area contributed by atoms with E-state index in [9.17, 15) is 8.42 Å². The van der Waals surface area contributed by atoms with Crippen LogP contribution in [0.15, 0.2) is 23.4 Å². The first kappa shape index (κ1) is 17.6. The van der Waals surface area contributed by atoms with E-state index in [1.165, 1.54) is 22.8 Å². The molecule has 116 valence electrons. The van der Waals surface area contributed by atoms with E-state index in [0.29, 0.717) is 18.5 Å². The molecule has 21 heavy (non-hydrogen) atoms. The summed E-state index contributed by atoms with van der Waals surface area (Å²) in [6.07, 6.45) is 3.18. The maximum Gasteiger partial charge on any atom is 0.244 e. The highest BCUT2D eigenvalue weighted by Gasteiger charge is 2.25. The van der Waals surface area contributed by atoms with Gasteiger partial charge in [-0.15, -0.1) is 0 Å². The third-order valence-corrected chi connectivity index (χ3v) is 4.36. The van der Waals surface area contributed by atoms with Crippen LogP contribution in [0, 0.1) is 17.3 Å². The van der Waals surface area contributed by atoms with Crippen molar-refractivity contribution >= 4 is 10.0 Å². The number of pyridine rings is 1. The number of nitrogens with zero attached hydrogens (tertiary/aromatic N) is 2. The molecule has 0 fully saturated rings. The summed E-state index contributed by atoms with van der Waals surface area (Å²) in [7, 11) is -2.01. The molecule has 6 heteroatoms. The molecule has 1 heterocycles. The standard InChI is InChI=1S/C15H22N2O3S/c1-15(2,3)12-17(4)21(19,20)14-9-13(10-16-11-14)7-5-6-8-18/h9-11,18H,6,8,12H2,1-4H3. The van der Waals surface area contributed by atoms with Gasteiger partial charge in [-0.2, -0.15) is 0 Å². The van der Waals surface area contributed by atoms with Crippen molar-refractivity contribution in [2.24, 2.45) is 5.41 Å². The van der Waals surface area contributed by atoms with E-state index >= 15 is 0 Å². The summed E-state index contributed by atoms with van der Waals surface area (Å²) in [5.74, 6) is 5.54. The molecule has 0 radical (unpaired) electrons. The van der Waals surface area contributed by atoms with Crippen LogP contribution >= 0.6 is 0 Å². The highest BCUT2D eigenvalue weighted by molar-refractivity contribution is 7.89. The average Bonchev–Trinajstić information content (AvgIpc) is 2.37. The van der Waals surface area contributed by atoms with Crippen molar-refractivity contribution in [2.75, 3.05) is 20.2 Å². The van der Waals surface area contributed by atoms with E-state index in [4.69, 9.17) is 5.11 Å². The molecule has 1 rings (SSSR count). The van der Waals surface area contributed by atoms with E-state index in [1.807, 2.05) is 20.8 Å². The molecule has 0 bridgehead atoms. The fourth-order valence-electron chi connectivity index (χ4n) is 1.78. The van der Waals surface area contributed by atoms with Gasteiger partial charge >= 0.3 is 0 Å². The number of aliphatic hydroxyl groups excluding tert-OH is 1. The molecule has 1 N–H and O–H groups in total. The molecule has 0 aliphatic rings. The molecule has 0 unspecified atom stereocenters. The van der Waals surface area contributed by atoms with Crippen LogP contribution in [-0.2, 0) is 10.0 Å². The smallest absolute Gasteiger partial charge is 0.244 e. The highest BCUT2D eigenvalue weighted by atomic mass is 32.2. The summed E-state index contributed by atoms with van der Waals surface area (Å²) < 4.78 is 26.3. The molecule has 0 atom stereocenters. The molecule has 1 aromatic heterocycles. The van der Waals surface area contributed by atoms with E-state index in [0.717, 1.165) is 0 Å². The zero-order chi connectivity index (χ0) is 16.1. The molecule has 0 aliphatic carbocycles. The molecular formula is C15H22N2O3S. The maximum absolute atomic E-state index is 12.5. The average molecular weight is 310 g/mol. The van der Waals surface area contributed by atoms with Gasteiger partial charge in [0.2, 0.25) is 10.0 Å². The summed E-state index contributed by atoms with van der Waals surface area (Å²) in [6, 6.07) is 1.51. The second-order valence-electron chi connectivity index (χ2n) is 6.01. The van der Waals surface area contributed by atoms with E-state index in [-0.39, 0.29) is 16.9 Å². The highest BCUT2D eigenvalue weighted by Crippen LogP contribution is 2.20. The Morgan fingerprint density at radius 1 is 1.33 bits per heavy atom. The van der Waals surface area contributed by atoms with Gasteiger partial charge in [0.1, 0.15) is 4.90 Å². The number of sulfonamides is 1. The topological polar surface area (TPSA) is 70.5 Å². The largest absolute Gasteiger partial charge is 0.395 e. The summed E-state index contributed by atoms with van der Waals surface area (Å²) in [6.45, 7) is 6.33. The lowest BCUT2D eigenvalue weighted by Crippen LogP contribution is -2.34. The van der Waals surface area contributed by atoms with Crippen molar-refractivity contribution in [1.29, 1.82) is 0 Å². The van der Waals surface area contributed by atoms with Gasteiger partial charge in [-0.3, -0.25) is 4.98 Å². The van der Waals surface area contributed by atoms with Gasteiger partial charge in [0.15, 0.2) is 0 Å². The Kier molecular flexibility index (Phi) is 5.90. The summed E-state index contributed by atoms with van der Waals surface area (Å²) in [4.78, 5) is 4.07. The van der Waals surface area contributed by atoms with Crippen LogP contribution in [0.2, 0.25) is 0 Å². The Bertz CT molecular complexity index is 637. The fourth-order valence-corrected chi connectivity index (χ4v) is 3.17. The first-order valence-corrected chi connectivity index (χ1v) is 8.12. The van der Waals surface area contributed by atoms with Gasteiger partial charge in [-0.1, -0.05) is 32.6 Å². The number of hydrogen-bond donors (Lipinski definition) is 1. The Morgan fingerprint density at radius 2 is 2.00 bits per heavy atom. The van der Waals surface area contributed by atoms with Crippen molar-refractivity contribution in [2.45, 2.75) is 32.1 Å². The quantitative estimate of drug-likeness (QED) is 0.855. The van der Waals surface area contributed by atoms with Crippen molar-refractivity contribution < 1.29 is 13.5 Å². The van der Waals surface area contributed by atoms with Gasteiger partial charge in [0.25, 0.3) is 0 Å². The molecule has 1 aromatic rings. The van der Waals surface area contributed by atoms with Crippen molar-refractivity contribution in [3.05, 3.63) is 24.0 Å². The summed E-state index contributed by atoms with van der Waals surface area (Å²) in [5, 5.41) is 8.69. The van der Waals surface area contributed by atoms with Crippen LogP contribution in [0.3, 0.4) is 0 Å². The SMILES string of the molecule is CN(CC(C)(C)C)S(=O)(=O)c1cncc(C#CCCO)c1. The molecule has 0 aliphatic heterocycles. The third kappa shape index (κ3) is 5.46. The Hall–Kier alpha value is -1.42. The van der Waals surface area contributed by atoms with Crippen LogP contribution in [0.5, 0.6) is 0 Å². The van der Waals surface area contributed by atoms with Crippen LogP contribution < -0.4 is 0 Å². The van der Waals surface area contributed by atoms with Gasteiger partial charge in [0, 0.05) is 38.0 Å². The minimum Gasteiger partial charge on any atom is -0.395 e. The lowest BCUT2D eigenvalue weighted by molar-refractivity contribution is 0.305. The van der Waals surface area contributed by atoms with Crippen molar-refractivity contribution in [1.82, 2.24) is 9.29 Å². The number of hydrogen-bond acceptors (Lipinski definition) is 4. The normalized spacial score (nSPS) is 12.1. The maximum atomic E-state index is 12.5. The Labute approximate surface area is 127 Å². The molecule has 0 amide bonds. The van der Waals surface area contributed by atoms with Crippen LogP contribution in [-0.4, -0.2) is 43.0 Å². The monoisotopic (exact) mass is 310 g/mol. The minimum absolute atomic E-state index is 0.0211. The Balaban J connectivity index is 3.04. The van der Waals surface area contributed by atoms with Crippen LogP contribution in [0.1, 0.15) is 32.8 Å². The molecule has 0 spiro atoms. The van der Waals surface area contributed by atoms with Crippen LogP contribution in [0.25, 0.3) is 0 Å². The molecule has 0 saturated heterocycles. The zero-order valence-electron chi connectivity index (χ0n) is 12.9. The number of rotatable bonds is 4. The predicted octanol–water partition coefficient (Wildman–Crippen LogP) is 1.48. The van der Waals surface area contributed by atoms with Gasteiger partial charge in [-0.05, 0) is 11.5 Å². The van der Waals surface area contributed by atoms with Crippen molar-refractivity contribution in [3.63, 3.8) is 0 Å². The Morgan fingerprint density at radius 3 is 2.57 bits per heavy atom. The summed E-state index contributed by atoms with van der Waals surface area (Å²) >= 11 is 0. The van der Waals surface area contributed by atoms with Gasteiger partial charge in [0.05, 0.1) is 6.61 Å². The lowest BCUT2D eigenvalue weighted by Gasteiger charge is -2.25. The van der Waals surface area contributed by atoms with Crippen molar-refractivity contribution in [3.8, 4) is 11.8 Å². The first-order chi connectivity index (χ1) is 9.66. The van der Waals surface area contributed by atoms with E-state index in [1.54, 1.807) is 7.05 Å². The van der Waals surface area contributed by atoms with Crippen LogP contribution in [0.4, 0.5) is 0 Å². The van der Waals surface area contributed by atoms with E-state index in [2.05, 4.69) is 16.8 Å². The van der Waals surface area contributed by atoms with E-state index < -0.39 is 10.0 Å². The molecule has 0 aromatic carbocycles. The number of aliphatic hydroxyl groups is 1.